The molecule has 1 atom stereocenters. The number of benzene rings is 1. The Kier molecular flexibility index (Phi) is 5.62. The molecule has 2 rings (SSSR count). The van der Waals surface area contributed by atoms with Crippen LogP contribution in [0.2, 0.25) is 0 Å². The lowest BCUT2D eigenvalue weighted by Gasteiger charge is -2.21. The summed E-state index contributed by atoms with van der Waals surface area (Å²) in [5.74, 6) is 0.409. The van der Waals surface area contributed by atoms with Crippen LogP contribution in [0.1, 0.15) is 33.5 Å². The van der Waals surface area contributed by atoms with Crippen molar-refractivity contribution >= 4 is 23.5 Å². The van der Waals surface area contributed by atoms with E-state index in [2.05, 4.69) is 31.4 Å². The molecule has 0 spiro atoms. The maximum atomic E-state index is 12.0. The van der Waals surface area contributed by atoms with Crippen LogP contribution in [-0.2, 0) is 5.60 Å². The summed E-state index contributed by atoms with van der Waals surface area (Å²) < 4.78 is 5.32. The van der Waals surface area contributed by atoms with E-state index in [0.717, 1.165) is 4.90 Å². The number of hydrogen-bond acceptors (Lipinski definition) is 4. The predicted molar refractivity (Wildman–Crippen MR) is 97.4 cm³/mol. The number of amides is 2. The van der Waals surface area contributed by atoms with E-state index in [9.17, 15) is 9.90 Å². The van der Waals surface area contributed by atoms with Crippen LogP contribution < -0.4 is 10.6 Å². The third kappa shape index (κ3) is 5.62. The van der Waals surface area contributed by atoms with Gasteiger partial charge in [0.2, 0.25) is 0 Å². The summed E-state index contributed by atoms with van der Waals surface area (Å²) in [6, 6.07) is 10.7. The number of aliphatic hydroxyl groups is 1. The monoisotopic (exact) mass is 348 g/mol. The lowest BCUT2D eigenvalue weighted by molar-refractivity contribution is 0.0372. The Hall–Kier alpha value is -1.92. The highest BCUT2D eigenvalue weighted by Gasteiger charge is 2.26. The van der Waals surface area contributed by atoms with Gasteiger partial charge in [-0.05, 0) is 43.3 Å². The largest absolute Gasteiger partial charge is 0.466 e. The molecule has 0 aliphatic rings. The van der Waals surface area contributed by atoms with Gasteiger partial charge in [0.25, 0.3) is 0 Å². The third-order valence-electron chi connectivity index (χ3n) is 3.18. The van der Waals surface area contributed by atoms with Crippen molar-refractivity contribution in [3.05, 3.63) is 48.4 Å². The molecular weight excluding hydrogens is 324 g/mol. The van der Waals surface area contributed by atoms with Gasteiger partial charge in [-0.15, -0.1) is 11.8 Å². The zero-order valence-corrected chi connectivity index (χ0v) is 15.2. The quantitative estimate of drug-likeness (QED) is 0.708. The lowest BCUT2D eigenvalue weighted by Crippen LogP contribution is -2.40. The summed E-state index contributed by atoms with van der Waals surface area (Å²) in [5, 5.41) is 15.7. The van der Waals surface area contributed by atoms with Crippen molar-refractivity contribution in [2.45, 2.75) is 42.9 Å². The van der Waals surface area contributed by atoms with E-state index >= 15 is 0 Å². The zero-order valence-electron chi connectivity index (χ0n) is 14.4. The molecule has 0 aliphatic carbocycles. The van der Waals surface area contributed by atoms with E-state index in [4.69, 9.17) is 4.42 Å². The number of carbonyl (C=O) groups excluding carboxylic acids is 1. The molecule has 0 aliphatic heterocycles. The van der Waals surface area contributed by atoms with Crippen LogP contribution in [0.5, 0.6) is 0 Å². The Balaban J connectivity index is 1.86. The Morgan fingerprint density at radius 3 is 2.38 bits per heavy atom. The standard InChI is InChI=1S/C18H24N2O3S/c1-17(2,3)24-14-9-7-13(8-10-14)20-16(21)19-12-18(4,22)15-6-5-11-23-15/h5-11,22H,12H2,1-4H3,(H2,19,20,21). The predicted octanol–water partition coefficient (Wildman–Crippen LogP) is 4.20. The minimum atomic E-state index is -1.26. The molecule has 5 nitrogen and oxygen atoms in total. The Bertz CT molecular complexity index is 659. The van der Waals surface area contributed by atoms with Gasteiger partial charge < -0.3 is 20.2 Å². The highest BCUT2D eigenvalue weighted by molar-refractivity contribution is 8.00. The first-order valence-corrected chi connectivity index (χ1v) is 8.58. The van der Waals surface area contributed by atoms with Crippen LogP contribution in [0, 0.1) is 0 Å². The topological polar surface area (TPSA) is 74.5 Å². The molecule has 1 heterocycles. The van der Waals surface area contributed by atoms with Gasteiger partial charge in [-0.2, -0.15) is 0 Å². The van der Waals surface area contributed by atoms with Gasteiger partial charge in [-0.25, -0.2) is 4.79 Å². The number of anilines is 1. The first-order chi connectivity index (χ1) is 11.2. The molecule has 6 heteroatoms. The van der Waals surface area contributed by atoms with Gasteiger partial charge in [0.1, 0.15) is 11.4 Å². The van der Waals surface area contributed by atoms with Crippen LogP contribution in [-0.4, -0.2) is 22.4 Å². The molecular formula is C18H24N2O3S. The summed E-state index contributed by atoms with van der Waals surface area (Å²) >= 11 is 1.77. The summed E-state index contributed by atoms with van der Waals surface area (Å²) in [7, 11) is 0. The summed E-state index contributed by atoms with van der Waals surface area (Å²) in [6.45, 7) is 8.10. The number of carbonyl (C=O) groups is 1. The van der Waals surface area contributed by atoms with E-state index in [0.29, 0.717) is 11.4 Å². The summed E-state index contributed by atoms with van der Waals surface area (Å²) in [4.78, 5) is 13.1. The first kappa shape index (κ1) is 18.4. The van der Waals surface area contributed by atoms with Crippen molar-refractivity contribution in [3.8, 4) is 0 Å². The number of nitrogens with one attached hydrogen (secondary N) is 2. The van der Waals surface area contributed by atoms with E-state index in [-0.39, 0.29) is 17.3 Å². The number of rotatable bonds is 5. The zero-order chi connectivity index (χ0) is 17.8. The normalized spacial score (nSPS) is 14.0. The van der Waals surface area contributed by atoms with Crippen molar-refractivity contribution < 1.29 is 14.3 Å². The van der Waals surface area contributed by atoms with Crippen LogP contribution in [0.25, 0.3) is 0 Å². The van der Waals surface area contributed by atoms with Crippen molar-refractivity contribution in [3.63, 3.8) is 0 Å². The third-order valence-corrected chi connectivity index (χ3v) is 4.30. The van der Waals surface area contributed by atoms with Crippen LogP contribution in [0.3, 0.4) is 0 Å². The average molecular weight is 348 g/mol. The molecule has 24 heavy (non-hydrogen) atoms. The first-order valence-electron chi connectivity index (χ1n) is 7.76. The van der Waals surface area contributed by atoms with Crippen LogP contribution in [0.4, 0.5) is 10.5 Å². The highest BCUT2D eigenvalue weighted by atomic mass is 32.2. The SMILES string of the molecule is CC(C)(C)Sc1ccc(NC(=O)NCC(C)(O)c2ccco2)cc1. The smallest absolute Gasteiger partial charge is 0.319 e. The molecule has 0 fully saturated rings. The molecule has 2 aromatic rings. The molecule has 1 aromatic carbocycles. The van der Waals surface area contributed by atoms with Gasteiger partial charge in [0.15, 0.2) is 0 Å². The van der Waals surface area contributed by atoms with Gasteiger partial charge >= 0.3 is 6.03 Å². The van der Waals surface area contributed by atoms with Gasteiger partial charge in [-0.1, -0.05) is 20.8 Å². The molecule has 1 unspecified atom stereocenters. The minimum Gasteiger partial charge on any atom is -0.466 e. The average Bonchev–Trinajstić information content (AvgIpc) is 3.01. The fourth-order valence-electron chi connectivity index (χ4n) is 2.06. The fraction of sp³-hybridized carbons (Fsp3) is 0.389. The summed E-state index contributed by atoms with van der Waals surface area (Å²) in [6.07, 6.45) is 1.49. The molecule has 0 saturated heterocycles. The van der Waals surface area contributed by atoms with Crippen molar-refractivity contribution in [2.75, 3.05) is 11.9 Å². The van der Waals surface area contributed by atoms with E-state index in [1.54, 1.807) is 30.8 Å². The Labute approximate surface area is 146 Å². The van der Waals surface area contributed by atoms with Gasteiger partial charge in [-0.3, -0.25) is 0 Å². The van der Waals surface area contributed by atoms with Crippen LogP contribution >= 0.6 is 11.8 Å². The second-order valence-corrected chi connectivity index (χ2v) is 8.70. The molecule has 0 bridgehead atoms. The molecule has 0 radical (unpaired) electrons. The maximum Gasteiger partial charge on any atom is 0.319 e. The number of thioether (sulfide) groups is 1. The van der Waals surface area contributed by atoms with Crippen molar-refractivity contribution in [2.24, 2.45) is 0 Å². The van der Waals surface area contributed by atoms with Crippen LogP contribution in [0.15, 0.2) is 52.0 Å². The molecule has 1 aromatic heterocycles. The van der Waals surface area contributed by atoms with Crippen molar-refractivity contribution in [1.82, 2.24) is 5.32 Å². The van der Waals surface area contributed by atoms with Gasteiger partial charge in [0, 0.05) is 15.3 Å². The fourth-order valence-corrected chi connectivity index (χ4v) is 3.04. The Morgan fingerprint density at radius 2 is 1.83 bits per heavy atom. The van der Waals surface area contributed by atoms with Gasteiger partial charge in [0.05, 0.1) is 12.8 Å². The molecule has 0 saturated carbocycles. The van der Waals surface area contributed by atoms with Crippen molar-refractivity contribution in [1.29, 1.82) is 0 Å². The molecule has 130 valence electrons. The van der Waals surface area contributed by atoms with E-state index in [1.807, 2.05) is 24.3 Å². The maximum absolute atomic E-state index is 12.0. The summed E-state index contributed by atoms with van der Waals surface area (Å²) in [5.41, 5.74) is -0.558. The van der Waals surface area contributed by atoms with E-state index < -0.39 is 5.60 Å². The Morgan fingerprint density at radius 1 is 1.17 bits per heavy atom. The second-order valence-electron chi connectivity index (χ2n) is 6.80. The molecule has 3 N–H and O–H groups in total. The second kappa shape index (κ2) is 7.32. The number of urea groups is 1. The van der Waals surface area contributed by atoms with E-state index in [1.165, 1.54) is 6.26 Å². The lowest BCUT2D eigenvalue weighted by atomic mass is 10.0. The minimum absolute atomic E-state index is 0.0459. The number of hydrogen-bond donors (Lipinski definition) is 3. The highest BCUT2D eigenvalue weighted by Crippen LogP contribution is 2.32. The number of furan rings is 1. The molecule has 2 amide bonds.